The Kier molecular flexibility index (Phi) is 16.7. The van der Waals surface area contributed by atoms with Crippen molar-refractivity contribution in [3.63, 3.8) is 0 Å². The highest BCUT2D eigenvalue weighted by Crippen LogP contribution is 2.44. The maximum Gasteiger partial charge on any atom is 0.0596 e. The zero-order chi connectivity index (χ0) is 39.2. The Bertz CT molecular complexity index is 1040. The smallest absolute Gasteiger partial charge is 0.0596 e. The van der Waals surface area contributed by atoms with E-state index < -0.39 is 0 Å². The topological polar surface area (TPSA) is 28.7 Å². The number of ether oxygens (including phenoxy) is 1. The van der Waals surface area contributed by atoms with Gasteiger partial charge in [0.05, 0.1) is 12.7 Å². The summed E-state index contributed by atoms with van der Waals surface area (Å²) in [5.74, 6) is 1.66. The van der Waals surface area contributed by atoms with Gasteiger partial charge in [-0.2, -0.15) is 0 Å². The van der Waals surface area contributed by atoms with Crippen molar-refractivity contribution in [2.75, 3.05) is 91.7 Å². The van der Waals surface area contributed by atoms with E-state index in [1.54, 1.807) is 0 Å². The van der Waals surface area contributed by atoms with E-state index in [1.165, 1.54) is 130 Å². The summed E-state index contributed by atoms with van der Waals surface area (Å²) in [4.78, 5) is 16.6. The molecule has 312 valence electrons. The molecule has 4 rings (SSSR count). The van der Waals surface area contributed by atoms with Crippen LogP contribution in [-0.2, 0) is 4.74 Å². The first-order valence-corrected chi connectivity index (χ1v) is 22.8. The Balaban J connectivity index is 1.14. The van der Waals surface area contributed by atoms with Gasteiger partial charge in [0, 0.05) is 88.1 Å². The van der Waals surface area contributed by atoms with Crippen LogP contribution in [0.25, 0.3) is 0 Å². The predicted octanol–water partition coefficient (Wildman–Crippen LogP) is 8.43. The van der Waals surface area contributed by atoms with Gasteiger partial charge in [-0.25, -0.2) is 0 Å². The van der Waals surface area contributed by atoms with Crippen LogP contribution in [0.4, 0.5) is 0 Å². The first kappa shape index (κ1) is 45.4. The summed E-state index contributed by atoms with van der Waals surface area (Å²) in [7, 11) is 0. The lowest BCUT2D eigenvalue weighted by Gasteiger charge is -2.51. The lowest BCUT2D eigenvalue weighted by Crippen LogP contribution is -2.58. The highest BCUT2D eigenvalue weighted by atomic mass is 16.5. The van der Waals surface area contributed by atoms with Crippen molar-refractivity contribution >= 4 is 0 Å². The fraction of sp³-hybridized carbons (Fsp3) is 1.00. The molecule has 4 fully saturated rings. The molecule has 2 atom stereocenters. The van der Waals surface area contributed by atoms with Crippen LogP contribution < -0.4 is 0 Å². The van der Waals surface area contributed by atoms with Crippen LogP contribution in [0.3, 0.4) is 0 Å². The number of hydrogen-bond acceptors (Lipinski definition) is 7. The molecule has 7 nitrogen and oxygen atoms in total. The van der Waals surface area contributed by atoms with Gasteiger partial charge in [-0.15, -0.1) is 0 Å². The lowest BCUT2D eigenvalue weighted by molar-refractivity contribution is -0.0140. The third kappa shape index (κ3) is 13.1. The van der Waals surface area contributed by atoms with Crippen molar-refractivity contribution in [1.29, 1.82) is 0 Å². The van der Waals surface area contributed by atoms with Gasteiger partial charge in [-0.3, -0.25) is 19.6 Å². The minimum Gasteiger partial charge on any atom is -0.377 e. The van der Waals surface area contributed by atoms with Gasteiger partial charge in [0.1, 0.15) is 0 Å². The van der Waals surface area contributed by atoms with Crippen LogP contribution in [0.5, 0.6) is 0 Å². The fourth-order valence-corrected chi connectivity index (χ4v) is 11.7. The second kappa shape index (κ2) is 19.4. The third-order valence-corrected chi connectivity index (χ3v) is 15.3. The van der Waals surface area contributed by atoms with E-state index in [2.05, 4.69) is 126 Å². The number of likely N-dealkylation sites (tertiary alicyclic amines) is 2. The van der Waals surface area contributed by atoms with Gasteiger partial charge < -0.3 is 14.5 Å². The molecular weight excluding hydrogens is 653 g/mol. The summed E-state index contributed by atoms with van der Waals surface area (Å²) in [5.41, 5.74) is 1.27. The van der Waals surface area contributed by atoms with E-state index in [0.717, 1.165) is 25.0 Å². The van der Waals surface area contributed by atoms with Gasteiger partial charge in [0.15, 0.2) is 0 Å². The molecule has 4 aliphatic heterocycles. The van der Waals surface area contributed by atoms with Gasteiger partial charge in [0.2, 0.25) is 0 Å². The van der Waals surface area contributed by atoms with E-state index in [9.17, 15) is 0 Å². The van der Waals surface area contributed by atoms with Crippen LogP contribution in [0, 0.1) is 22.7 Å². The Morgan fingerprint density at radius 2 is 0.868 bits per heavy atom. The molecule has 0 N–H and O–H groups in total. The van der Waals surface area contributed by atoms with Crippen LogP contribution >= 0.6 is 0 Å². The van der Waals surface area contributed by atoms with E-state index in [0.29, 0.717) is 35.1 Å². The molecule has 0 radical (unpaired) electrons. The van der Waals surface area contributed by atoms with Crippen LogP contribution in [0.15, 0.2) is 0 Å². The van der Waals surface area contributed by atoms with Crippen molar-refractivity contribution in [3.05, 3.63) is 0 Å². The quantitative estimate of drug-likeness (QED) is 0.139. The Hall–Kier alpha value is -0.280. The maximum atomic E-state index is 5.83. The second-order valence-electron chi connectivity index (χ2n) is 21.7. The molecule has 4 aliphatic rings. The SMILES string of the molecule is CC(C)OCCN1CCC(C(C)(C)CC(C)(C)N2CCN(C(C)CCC(C)N3CCN(C(C)(C)CC(C)(C)C4CCN(C(C)C)CC4)CC3)CC2)CC1. The highest BCUT2D eigenvalue weighted by Gasteiger charge is 2.42. The Morgan fingerprint density at radius 3 is 1.23 bits per heavy atom. The predicted molar refractivity (Wildman–Crippen MR) is 229 cm³/mol. The van der Waals surface area contributed by atoms with Crippen molar-refractivity contribution in [3.8, 4) is 0 Å². The van der Waals surface area contributed by atoms with Crippen molar-refractivity contribution in [2.45, 2.75) is 184 Å². The minimum atomic E-state index is 0.243. The average Bonchev–Trinajstić information content (AvgIpc) is 3.10. The van der Waals surface area contributed by atoms with Gasteiger partial charge >= 0.3 is 0 Å². The number of piperidine rings is 2. The van der Waals surface area contributed by atoms with Crippen molar-refractivity contribution < 1.29 is 4.74 Å². The van der Waals surface area contributed by atoms with Gasteiger partial charge in [-0.05, 0) is 169 Å². The molecule has 2 unspecified atom stereocenters. The first-order valence-electron chi connectivity index (χ1n) is 22.8. The van der Waals surface area contributed by atoms with E-state index in [1.807, 2.05) is 0 Å². The normalized spacial score (nSPS) is 24.5. The summed E-state index contributed by atoms with van der Waals surface area (Å²) in [5, 5.41) is 0. The Morgan fingerprint density at radius 1 is 0.491 bits per heavy atom. The average molecular weight is 745 g/mol. The minimum absolute atomic E-state index is 0.243. The zero-order valence-electron chi connectivity index (χ0n) is 38.1. The number of nitrogens with zero attached hydrogens (tertiary/aromatic N) is 6. The monoisotopic (exact) mass is 745 g/mol. The lowest BCUT2D eigenvalue weighted by atomic mass is 9.67. The number of rotatable bonds is 18. The summed E-state index contributed by atoms with van der Waals surface area (Å²) in [6.07, 6.45) is 11.0. The van der Waals surface area contributed by atoms with E-state index in [4.69, 9.17) is 4.74 Å². The number of piperazine rings is 2. The van der Waals surface area contributed by atoms with Gasteiger partial charge in [0.25, 0.3) is 0 Å². The molecule has 0 amide bonds. The van der Waals surface area contributed by atoms with E-state index in [-0.39, 0.29) is 11.1 Å². The van der Waals surface area contributed by atoms with Crippen molar-refractivity contribution in [2.24, 2.45) is 22.7 Å². The molecular formula is C46H92N6O. The number of hydrogen-bond donors (Lipinski definition) is 0. The summed E-state index contributed by atoms with van der Waals surface area (Å²) >= 11 is 0. The molecule has 0 saturated carbocycles. The standard InChI is InChI=1S/C46H92N6O/c1-37(2)48-23-19-42(20-24-48)44(9,10)36-46(13,14)52-31-27-50(28-32-52)40(6)16-15-39(5)49-25-29-51(30-26-49)45(11,12)35-43(7,8)41-17-21-47(22-18-41)33-34-53-38(3)4/h37-42H,15-36H2,1-14H3. The molecule has 0 aromatic rings. The summed E-state index contributed by atoms with van der Waals surface area (Å²) in [6, 6.07) is 2.03. The molecule has 0 aliphatic carbocycles. The van der Waals surface area contributed by atoms with Crippen LogP contribution in [0.2, 0.25) is 0 Å². The van der Waals surface area contributed by atoms with Crippen LogP contribution in [-0.4, -0.2) is 156 Å². The Labute approximate surface area is 331 Å². The molecule has 0 spiro atoms. The molecule has 7 heteroatoms. The fourth-order valence-electron chi connectivity index (χ4n) is 11.7. The van der Waals surface area contributed by atoms with Crippen LogP contribution in [0.1, 0.15) is 148 Å². The van der Waals surface area contributed by atoms with Gasteiger partial charge in [-0.1, -0.05) is 27.7 Å². The highest BCUT2D eigenvalue weighted by molar-refractivity contribution is 4.96. The maximum absolute atomic E-state index is 5.83. The third-order valence-electron chi connectivity index (χ3n) is 15.3. The molecule has 53 heavy (non-hydrogen) atoms. The zero-order valence-corrected chi connectivity index (χ0v) is 38.1. The second-order valence-corrected chi connectivity index (χ2v) is 21.7. The molecule has 0 aromatic heterocycles. The largest absolute Gasteiger partial charge is 0.377 e. The summed E-state index contributed by atoms with van der Waals surface area (Å²) in [6.45, 7) is 51.2. The molecule has 4 saturated heterocycles. The molecule has 0 aromatic carbocycles. The van der Waals surface area contributed by atoms with Crippen molar-refractivity contribution in [1.82, 2.24) is 29.4 Å². The first-order chi connectivity index (χ1) is 24.7. The molecule has 0 bridgehead atoms. The summed E-state index contributed by atoms with van der Waals surface area (Å²) < 4.78 is 5.83. The van der Waals surface area contributed by atoms with E-state index >= 15 is 0 Å². The molecule has 4 heterocycles.